The molecule has 2 aromatic rings. The maximum atomic E-state index is 6.08. The van der Waals surface area contributed by atoms with Gasteiger partial charge in [-0.2, -0.15) is 0 Å². The van der Waals surface area contributed by atoms with Crippen molar-refractivity contribution in [1.29, 1.82) is 0 Å². The van der Waals surface area contributed by atoms with Gasteiger partial charge in [0.15, 0.2) is 0 Å². The van der Waals surface area contributed by atoms with Crippen LogP contribution in [0, 0.1) is 0 Å². The first-order valence-corrected chi connectivity index (χ1v) is 7.21. The second kappa shape index (κ2) is 5.77. The highest BCUT2D eigenvalue weighted by molar-refractivity contribution is 5.32. The van der Waals surface area contributed by atoms with Crippen LogP contribution in [0.5, 0.6) is 0 Å². The number of nitrogens with one attached hydrogen (secondary N) is 1. The zero-order valence-electron chi connectivity index (χ0n) is 12.0. The third-order valence-electron chi connectivity index (χ3n) is 3.89. The van der Waals surface area contributed by atoms with E-state index < -0.39 is 0 Å². The van der Waals surface area contributed by atoms with Gasteiger partial charge in [-0.15, -0.1) is 0 Å². The minimum absolute atomic E-state index is 0.0287. The number of hydrogen-bond acceptors (Lipinski definition) is 3. The van der Waals surface area contributed by atoms with Crippen LogP contribution in [0.25, 0.3) is 0 Å². The predicted octanol–water partition coefficient (Wildman–Crippen LogP) is 2.38. The number of ether oxygens (including phenoxy) is 1. The molecule has 0 saturated carbocycles. The molecule has 2 heterocycles. The smallest absolute Gasteiger partial charge is 0.128 e. The second-order valence-corrected chi connectivity index (χ2v) is 5.17. The number of aromatic nitrogens is 2. The van der Waals surface area contributed by atoms with Crippen LogP contribution in [0.15, 0.2) is 36.7 Å². The molecule has 3 rings (SSSR count). The summed E-state index contributed by atoms with van der Waals surface area (Å²) >= 11 is 0. The number of likely N-dealkylation sites (N-methyl/N-ethyl adjacent to an activating group) is 1. The second-order valence-electron chi connectivity index (χ2n) is 5.17. The molecule has 4 nitrogen and oxygen atoms in total. The van der Waals surface area contributed by atoms with Crippen molar-refractivity contribution < 1.29 is 4.74 Å². The van der Waals surface area contributed by atoms with Crippen molar-refractivity contribution in [2.45, 2.75) is 25.5 Å². The average molecular weight is 271 g/mol. The van der Waals surface area contributed by atoms with Crippen molar-refractivity contribution in [2.75, 3.05) is 13.2 Å². The summed E-state index contributed by atoms with van der Waals surface area (Å²) in [6.07, 6.45) is 4.84. The van der Waals surface area contributed by atoms with Crippen LogP contribution in [-0.4, -0.2) is 22.7 Å². The highest BCUT2D eigenvalue weighted by atomic mass is 16.5. The van der Waals surface area contributed by atoms with Crippen molar-refractivity contribution in [1.82, 2.24) is 14.9 Å². The van der Waals surface area contributed by atoms with E-state index in [0.29, 0.717) is 0 Å². The standard InChI is InChI=1S/C16H21N3O/c1-3-17-14(16-18-9-10-19(16)2)15-13-7-5-4-6-12(13)8-11-20-15/h4-7,9-10,14-15,17H,3,8,11H2,1-2H3. The fraction of sp³-hybridized carbons (Fsp3) is 0.438. The van der Waals surface area contributed by atoms with Crippen LogP contribution in [0.2, 0.25) is 0 Å². The molecular formula is C16H21N3O. The summed E-state index contributed by atoms with van der Waals surface area (Å²) in [5.41, 5.74) is 2.67. The molecule has 1 aliphatic rings. The Morgan fingerprint density at radius 1 is 1.45 bits per heavy atom. The summed E-state index contributed by atoms with van der Waals surface area (Å²) in [5, 5.41) is 3.53. The molecule has 2 atom stereocenters. The van der Waals surface area contributed by atoms with Gasteiger partial charge in [0, 0.05) is 19.4 Å². The molecular weight excluding hydrogens is 250 g/mol. The van der Waals surface area contributed by atoms with E-state index in [1.54, 1.807) is 0 Å². The number of imidazole rings is 1. The fourth-order valence-electron chi connectivity index (χ4n) is 2.93. The van der Waals surface area contributed by atoms with Gasteiger partial charge in [-0.3, -0.25) is 0 Å². The van der Waals surface area contributed by atoms with Crippen LogP contribution in [-0.2, 0) is 18.2 Å². The van der Waals surface area contributed by atoms with Crippen molar-refractivity contribution in [3.05, 3.63) is 53.6 Å². The van der Waals surface area contributed by atoms with E-state index in [0.717, 1.165) is 25.4 Å². The van der Waals surface area contributed by atoms with Gasteiger partial charge < -0.3 is 14.6 Å². The lowest BCUT2D eigenvalue weighted by Crippen LogP contribution is -2.33. The molecule has 1 aromatic carbocycles. The predicted molar refractivity (Wildman–Crippen MR) is 78.5 cm³/mol. The van der Waals surface area contributed by atoms with Crippen LogP contribution in [0.3, 0.4) is 0 Å². The first kappa shape index (κ1) is 13.3. The summed E-state index contributed by atoms with van der Waals surface area (Å²) in [4.78, 5) is 4.50. The van der Waals surface area contributed by atoms with Gasteiger partial charge in [-0.25, -0.2) is 4.98 Å². The molecule has 1 aromatic heterocycles. The van der Waals surface area contributed by atoms with E-state index >= 15 is 0 Å². The molecule has 0 radical (unpaired) electrons. The maximum absolute atomic E-state index is 6.08. The molecule has 1 aliphatic heterocycles. The van der Waals surface area contributed by atoms with Crippen LogP contribution < -0.4 is 5.32 Å². The third-order valence-corrected chi connectivity index (χ3v) is 3.89. The van der Waals surface area contributed by atoms with Gasteiger partial charge >= 0.3 is 0 Å². The summed E-state index contributed by atoms with van der Waals surface area (Å²) in [7, 11) is 2.03. The Labute approximate surface area is 119 Å². The Morgan fingerprint density at radius 2 is 2.30 bits per heavy atom. The third kappa shape index (κ3) is 2.37. The molecule has 0 spiro atoms. The van der Waals surface area contributed by atoms with Gasteiger partial charge in [0.2, 0.25) is 0 Å². The van der Waals surface area contributed by atoms with E-state index in [-0.39, 0.29) is 12.1 Å². The van der Waals surface area contributed by atoms with Crippen LogP contribution >= 0.6 is 0 Å². The summed E-state index contributed by atoms with van der Waals surface area (Å²) in [6, 6.07) is 8.65. The SMILES string of the molecule is CCNC(c1nccn1C)C1OCCc2ccccc21. The Bertz CT molecular complexity index is 579. The highest BCUT2D eigenvalue weighted by Crippen LogP contribution is 2.36. The first-order valence-electron chi connectivity index (χ1n) is 7.21. The van der Waals surface area contributed by atoms with Crippen molar-refractivity contribution >= 4 is 0 Å². The summed E-state index contributed by atoms with van der Waals surface area (Å²) in [6.45, 7) is 3.78. The van der Waals surface area contributed by atoms with Crippen molar-refractivity contribution in [2.24, 2.45) is 7.05 Å². The lowest BCUT2D eigenvalue weighted by molar-refractivity contribution is 0.0124. The Balaban J connectivity index is 1.99. The Kier molecular flexibility index (Phi) is 3.85. The molecule has 0 aliphatic carbocycles. The zero-order chi connectivity index (χ0) is 13.9. The van der Waals surface area contributed by atoms with Crippen molar-refractivity contribution in [3.8, 4) is 0 Å². The molecule has 4 heteroatoms. The Hall–Kier alpha value is -1.65. The van der Waals surface area contributed by atoms with Crippen LogP contribution in [0.1, 0.15) is 36.0 Å². The number of rotatable bonds is 4. The van der Waals surface area contributed by atoms with Gasteiger partial charge in [-0.05, 0) is 24.1 Å². The summed E-state index contributed by atoms with van der Waals surface area (Å²) < 4.78 is 8.15. The molecule has 0 amide bonds. The van der Waals surface area contributed by atoms with E-state index in [1.807, 2.05) is 19.4 Å². The fourth-order valence-corrected chi connectivity index (χ4v) is 2.93. The van der Waals surface area contributed by atoms with Gasteiger partial charge in [0.25, 0.3) is 0 Å². The normalized spacial score (nSPS) is 19.6. The number of aryl methyl sites for hydroxylation is 1. The number of hydrogen-bond donors (Lipinski definition) is 1. The van der Waals surface area contributed by atoms with E-state index in [4.69, 9.17) is 4.74 Å². The molecule has 106 valence electrons. The van der Waals surface area contributed by atoms with Gasteiger partial charge in [0.05, 0.1) is 12.6 Å². The van der Waals surface area contributed by atoms with Gasteiger partial charge in [0.1, 0.15) is 11.9 Å². The molecule has 1 N–H and O–H groups in total. The van der Waals surface area contributed by atoms with E-state index in [9.17, 15) is 0 Å². The molecule has 2 unspecified atom stereocenters. The number of nitrogens with zero attached hydrogens (tertiary/aromatic N) is 2. The van der Waals surface area contributed by atoms with Gasteiger partial charge in [-0.1, -0.05) is 31.2 Å². The summed E-state index contributed by atoms with van der Waals surface area (Å²) in [5.74, 6) is 1.02. The molecule has 0 saturated heterocycles. The first-order chi connectivity index (χ1) is 9.81. The lowest BCUT2D eigenvalue weighted by Gasteiger charge is -2.32. The van der Waals surface area contributed by atoms with E-state index in [1.165, 1.54) is 11.1 Å². The molecule has 0 fully saturated rings. The van der Waals surface area contributed by atoms with Crippen molar-refractivity contribution in [3.63, 3.8) is 0 Å². The largest absolute Gasteiger partial charge is 0.371 e. The quantitative estimate of drug-likeness (QED) is 0.928. The zero-order valence-corrected chi connectivity index (χ0v) is 12.0. The van der Waals surface area contributed by atoms with Crippen LogP contribution in [0.4, 0.5) is 0 Å². The highest BCUT2D eigenvalue weighted by Gasteiger charge is 2.31. The lowest BCUT2D eigenvalue weighted by atomic mass is 9.92. The average Bonchev–Trinajstić information content (AvgIpc) is 2.90. The topological polar surface area (TPSA) is 39.1 Å². The minimum Gasteiger partial charge on any atom is -0.371 e. The number of fused-ring (bicyclic) bond motifs is 1. The Morgan fingerprint density at radius 3 is 3.05 bits per heavy atom. The minimum atomic E-state index is 0.0287. The number of benzene rings is 1. The molecule has 0 bridgehead atoms. The maximum Gasteiger partial charge on any atom is 0.128 e. The monoisotopic (exact) mass is 271 g/mol. The van der Waals surface area contributed by atoms with E-state index in [2.05, 4.69) is 46.1 Å². The molecule has 20 heavy (non-hydrogen) atoms.